The van der Waals surface area contributed by atoms with E-state index in [4.69, 9.17) is 39.7 Å². The van der Waals surface area contributed by atoms with Gasteiger partial charge in [0.25, 0.3) is 0 Å². The smallest absolute Gasteiger partial charge is 0.237 e. The Bertz CT molecular complexity index is 312. The molecule has 0 rings (SSSR count). The molecule has 0 aliphatic carbocycles. The zero-order valence-corrected chi connectivity index (χ0v) is 11.5. The summed E-state index contributed by atoms with van der Waals surface area (Å²) in [5.74, 6) is 0. The summed E-state index contributed by atoms with van der Waals surface area (Å²) < 4.78 is 16.0. The Morgan fingerprint density at radius 2 is 1.00 bits per heavy atom. The minimum absolute atomic E-state index is 0.207. The third kappa shape index (κ3) is 10.3. The molecule has 0 aromatic heterocycles. The van der Waals surface area contributed by atoms with Crippen LogP contribution < -0.4 is 5.73 Å². The third-order valence-electron chi connectivity index (χ3n) is 2.21. The number of hydrogen-bond donors (Lipinski definition) is 1. The highest BCUT2D eigenvalue weighted by Gasteiger charge is 2.27. The molecule has 2 N–H and O–H groups in total. The lowest BCUT2D eigenvalue weighted by Crippen LogP contribution is -2.53. The van der Waals surface area contributed by atoms with Crippen molar-refractivity contribution in [2.24, 2.45) is 5.73 Å². The molecule has 0 spiro atoms. The highest BCUT2D eigenvalue weighted by atomic mass is 16.5. The van der Waals surface area contributed by atoms with E-state index in [1.54, 1.807) is 0 Å². The zero-order chi connectivity index (χ0) is 15.1. The first kappa shape index (κ1) is 18.3. The topological polar surface area (TPSA) is 66.8 Å². The quantitative estimate of drug-likeness (QED) is 0.417. The standard InChI is InChI=1S/C13H20N4O3/c1-15-4-7-18-10-13(14,11-19-8-5-16-2)12-20-9-6-17-3/h4-12,14H2. The molecule has 0 atom stereocenters. The molecule has 0 radical (unpaired) electrons. The molecular formula is C13H20N4O3. The molecule has 110 valence electrons. The maximum absolute atomic E-state index is 6.66. The van der Waals surface area contributed by atoms with Crippen LogP contribution in [-0.4, -0.2) is 64.8 Å². The van der Waals surface area contributed by atoms with Crippen LogP contribution in [0, 0.1) is 19.7 Å². The van der Waals surface area contributed by atoms with Crippen molar-refractivity contribution in [2.75, 3.05) is 59.3 Å². The van der Waals surface area contributed by atoms with Crippen molar-refractivity contribution in [3.05, 3.63) is 34.3 Å². The van der Waals surface area contributed by atoms with Crippen LogP contribution in [0.2, 0.25) is 0 Å². The van der Waals surface area contributed by atoms with Gasteiger partial charge in [-0.2, -0.15) is 0 Å². The van der Waals surface area contributed by atoms with Gasteiger partial charge in [0.1, 0.15) is 19.8 Å². The normalized spacial score (nSPS) is 10.5. The molecule has 20 heavy (non-hydrogen) atoms. The van der Waals surface area contributed by atoms with Crippen molar-refractivity contribution in [1.29, 1.82) is 0 Å². The summed E-state index contributed by atoms with van der Waals surface area (Å²) in [7, 11) is 0. The van der Waals surface area contributed by atoms with Crippen LogP contribution in [0.4, 0.5) is 0 Å². The van der Waals surface area contributed by atoms with Gasteiger partial charge in [0.05, 0.1) is 25.4 Å². The molecule has 7 heteroatoms. The fourth-order valence-corrected chi connectivity index (χ4v) is 1.28. The highest BCUT2D eigenvalue weighted by molar-refractivity contribution is 4.84. The molecular weight excluding hydrogens is 260 g/mol. The van der Waals surface area contributed by atoms with E-state index in [1.807, 2.05) is 0 Å². The van der Waals surface area contributed by atoms with Gasteiger partial charge < -0.3 is 34.5 Å². The molecule has 0 amide bonds. The lowest BCUT2D eigenvalue weighted by atomic mass is 10.1. The molecule has 0 aromatic carbocycles. The Hall–Kier alpha value is -1.69. The van der Waals surface area contributed by atoms with Crippen molar-refractivity contribution in [1.82, 2.24) is 0 Å². The molecule has 0 fully saturated rings. The van der Waals surface area contributed by atoms with Gasteiger partial charge in [-0.1, -0.05) is 0 Å². The first-order chi connectivity index (χ1) is 9.68. The van der Waals surface area contributed by atoms with Crippen molar-refractivity contribution in [3.63, 3.8) is 0 Å². The Balaban J connectivity index is 4.10. The summed E-state index contributed by atoms with van der Waals surface area (Å²) >= 11 is 0. The monoisotopic (exact) mass is 280 g/mol. The van der Waals surface area contributed by atoms with E-state index >= 15 is 0 Å². The molecule has 0 unspecified atom stereocenters. The summed E-state index contributed by atoms with van der Waals surface area (Å²) in [5, 5.41) is 0. The average Bonchev–Trinajstić information content (AvgIpc) is 2.45. The maximum Gasteiger partial charge on any atom is 0.237 e. The van der Waals surface area contributed by atoms with E-state index in [-0.39, 0.29) is 39.5 Å². The van der Waals surface area contributed by atoms with E-state index in [0.29, 0.717) is 19.8 Å². The SMILES string of the molecule is [C-]#[N+]CCOCC(N)(COCC[N+]#[C-])COCC[N+]#[C-]. The Kier molecular flexibility index (Phi) is 11.3. The Morgan fingerprint density at radius 1 is 0.700 bits per heavy atom. The summed E-state index contributed by atoms with van der Waals surface area (Å²) in [6.45, 7) is 22.4. The highest BCUT2D eigenvalue weighted by Crippen LogP contribution is 2.05. The first-order valence-corrected chi connectivity index (χ1v) is 6.20. The second-order valence-electron chi connectivity index (χ2n) is 4.17. The van der Waals surface area contributed by atoms with Crippen LogP contribution in [-0.2, 0) is 14.2 Å². The van der Waals surface area contributed by atoms with Gasteiger partial charge in [-0.15, -0.1) is 0 Å². The van der Waals surface area contributed by atoms with E-state index in [0.717, 1.165) is 0 Å². The Labute approximate surface area is 120 Å². The van der Waals surface area contributed by atoms with E-state index < -0.39 is 5.54 Å². The van der Waals surface area contributed by atoms with Crippen molar-refractivity contribution in [2.45, 2.75) is 5.54 Å². The van der Waals surface area contributed by atoms with E-state index in [9.17, 15) is 0 Å². The van der Waals surface area contributed by atoms with Gasteiger partial charge in [0, 0.05) is 0 Å². The minimum Gasteiger partial charge on any atom is -0.372 e. The minimum atomic E-state index is -0.827. The molecule has 7 nitrogen and oxygen atoms in total. The fraction of sp³-hybridized carbons (Fsp3) is 0.769. The van der Waals surface area contributed by atoms with Crippen molar-refractivity contribution in [3.8, 4) is 0 Å². The molecule has 0 saturated heterocycles. The lowest BCUT2D eigenvalue weighted by molar-refractivity contribution is -0.0165. The van der Waals surface area contributed by atoms with Gasteiger partial charge in [-0.3, -0.25) is 0 Å². The predicted molar refractivity (Wildman–Crippen MR) is 73.8 cm³/mol. The van der Waals surface area contributed by atoms with Crippen LogP contribution >= 0.6 is 0 Å². The van der Waals surface area contributed by atoms with Crippen LogP contribution in [0.15, 0.2) is 0 Å². The molecule has 0 heterocycles. The second-order valence-corrected chi connectivity index (χ2v) is 4.17. The van der Waals surface area contributed by atoms with Gasteiger partial charge in [-0.05, 0) is 0 Å². The maximum atomic E-state index is 6.66. The molecule has 0 aliphatic heterocycles. The van der Waals surface area contributed by atoms with Crippen LogP contribution in [0.25, 0.3) is 14.5 Å². The number of nitrogens with two attached hydrogens (primary N) is 1. The molecule has 0 saturated carbocycles. The average molecular weight is 280 g/mol. The second kappa shape index (κ2) is 12.3. The summed E-state index contributed by atoms with van der Waals surface area (Å²) in [4.78, 5) is 9.55. The number of rotatable bonds is 12. The number of nitrogens with zero attached hydrogens (tertiary/aromatic N) is 3. The Morgan fingerprint density at radius 3 is 1.25 bits per heavy atom. The van der Waals surface area contributed by atoms with Gasteiger partial charge in [-0.25, -0.2) is 19.7 Å². The zero-order valence-electron chi connectivity index (χ0n) is 11.5. The first-order valence-electron chi connectivity index (χ1n) is 6.20. The number of hydrogen-bond acceptors (Lipinski definition) is 4. The summed E-state index contributed by atoms with van der Waals surface area (Å²) in [6.07, 6.45) is 0. The van der Waals surface area contributed by atoms with Crippen LogP contribution in [0.5, 0.6) is 0 Å². The van der Waals surface area contributed by atoms with E-state index in [1.165, 1.54) is 0 Å². The third-order valence-corrected chi connectivity index (χ3v) is 2.21. The molecule has 0 bridgehead atoms. The van der Waals surface area contributed by atoms with Gasteiger partial charge in [0.2, 0.25) is 19.6 Å². The van der Waals surface area contributed by atoms with Gasteiger partial charge in [0.15, 0.2) is 0 Å². The van der Waals surface area contributed by atoms with Crippen LogP contribution in [0.1, 0.15) is 0 Å². The van der Waals surface area contributed by atoms with E-state index in [2.05, 4.69) is 14.5 Å². The van der Waals surface area contributed by atoms with Crippen LogP contribution in [0.3, 0.4) is 0 Å². The summed E-state index contributed by atoms with van der Waals surface area (Å²) in [6, 6.07) is 0. The largest absolute Gasteiger partial charge is 0.372 e. The lowest BCUT2D eigenvalue weighted by Gasteiger charge is -2.28. The summed E-state index contributed by atoms with van der Waals surface area (Å²) in [5.41, 5.74) is 5.31. The fourth-order valence-electron chi connectivity index (χ4n) is 1.28. The molecule has 0 aromatic rings. The predicted octanol–water partition coefficient (Wildman–Crippen LogP) is 0.492. The van der Waals surface area contributed by atoms with Crippen molar-refractivity contribution >= 4 is 0 Å². The molecule has 0 aliphatic rings. The van der Waals surface area contributed by atoms with Crippen molar-refractivity contribution < 1.29 is 14.2 Å². The number of ether oxygens (including phenoxy) is 3. The van der Waals surface area contributed by atoms with Gasteiger partial charge >= 0.3 is 0 Å².